The van der Waals surface area contributed by atoms with Gasteiger partial charge in [-0.2, -0.15) is 23.5 Å². The van der Waals surface area contributed by atoms with Gasteiger partial charge in [-0.05, 0) is 25.0 Å². The van der Waals surface area contributed by atoms with Gasteiger partial charge in [-0.1, -0.05) is 6.92 Å². The van der Waals surface area contributed by atoms with Crippen molar-refractivity contribution in [2.75, 3.05) is 31.0 Å². The molecule has 2 aliphatic heterocycles. The zero-order valence-electron chi connectivity index (χ0n) is 11.1. The van der Waals surface area contributed by atoms with Crippen LogP contribution in [0.25, 0.3) is 0 Å². The summed E-state index contributed by atoms with van der Waals surface area (Å²) in [5, 5.41) is 0.643. The van der Waals surface area contributed by atoms with Gasteiger partial charge in [-0.15, -0.1) is 0 Å². The maximum Gasteiger partial charge on any atom is 0.309 e. The summed E-state index contributed by atoms with van der Waals surface area (Å²) < 4.78 is 10.8. The van der Waals surface area contributed by atoms with E-state index >= 15 is 0 Å². The van der Waals surface area contributed by atoms with Crippen LogP contribution in [-0.4, -0.2) is 47.8 Å². The lowest BCUT2D eigenvalue weighted by atomic mass is 9.93. The minimum atomic E-state index is -0.0966. The minimum Gasteiger partial charge on any atom is -0.469 e. The van der Waals surface area contributed by atoms with Crippen molar-refractivity contribution in [2.45, 2.75) is 37.0 Å². The molecule has 2 rings (SSSR count). The number of thioether (sulfide) groups is 2. The van der Waals surface area contributed by atoms with Crippen molar-refractivity contribution >= 4 is 29.5 Å². The third-order valence-electron chi connectivity index (χ3n) is 3.70. The molecule has 2 aliphatic rings. The van der Waals surface area contributed by atoms with Gasteiger partial charge in [-0.25, -0.2) is 0 Å². The maximum absolute atomic E-state index is 11.4. The molecule has 2 saturated heterocycles. The van der Waals surface area contributed by atoms with Gasteiger partial charge in [0.1, 0.15) is 0 Å². The van der Waals surface area contributed by atoms with Crippen LogP contribution in [0.1, 0.15) is 26.2 Å². The van der Waals surface area contributed by atoms with Gasteiger partial charge in [0.05, 0.1) is 18.6 Å². The molecule has 0 radical (unpaired) electrons. The molecule has 0 bridgehead atoms. The highest BCUT2D eigenvalue weighted by molar-refractivity contribution is 8.00. The standard InChI is InChI=1S/C13H22O3S2/c1-10(12(14)15-2)8-18-11-3-5-16-13(7-11)4-6-17-9-13/h10-11H,3-9H2,1-2H3. The first-order chi connectivity index (χ1) is 8.65. The van der Waals surface area contributed by atoms with E-state index in [1.54, 1.807) is 0 Å². The van der Waals surface area contributed by atoms with Crippen LogP contribution in [0.5, 0.6) is 0 Å². The summed E-state index contributed by atoms with van der Waals surface area (Å²) >= 11 is 3.93. The number of ether oxygens (including phenoxy) is 2. The highest BCUT2D eigenvalue weighted by Crippen LogP contribution is 2.41. The Kier molecular flexibility index (Phi) is 5.27. The average molecular weight is 290 g/mol. The van der Waals surface area contributed by atoms with Gasteiger partial charge in [-0.3, -0.25) is 4.79 Å². The van der Waals surface area contributed by atoms with Gasteiger partial charge in [0.15, 0.2) is 0 Å². The second-order valence-corrected chi connectivity index (χ2v) is 7.64. The minimum absolute atomic E-state index is 0.00301. The zero-order chi connectivity index (χ0) is 13.0. The van der Waals surface area contributed by atoms with E-state index in [0.717, 1.165) is 31.0 Å². The predicted molar refractivity (Wildman–Crippen MR) is 77.3 cm³/mol. The highest BCUT2D eigenvalue weighted by Gasteiger charge is 2.40. The van der Waals surface area contributed by atoms with Gasteiger partial charge >= 0.3 is 5.97 Å². The van der Waals surface area contributed by atoms with Crippen LogP contribution >= 0.6 is 23.5 Å². The van der Waals surface area contributed by atoms with Crippen LogP contribution in [0.4, 0.5) is 0 Å². The summed E-state index contributed by atoms with van der Waals surface area (Å²) in [6, 6.07) is 0. The number of hydrogen-bond donors (Lipinski definition) is 0. The first-order valence-corrected chi connectivity index (χ1v) is 8.77. The van der Waals surface area contributed by atoms with Gasteiger partial charge in [0, 0.05) is 23.4 Å². The van der Waals surface area contributed by atoms with Crippen LogP contribution in [0.3, 0.4) is 0 Å². The third kappa shape index (κ3) is 3.58. The number of carbonyl (C=O) groups excluding carboxylic acids is 1. The third-order valence-corrected chi connectivity index (χ3v) is 6.49. The molecule has 2 heterocycles. The molecule has 104 valence electrons. The van der Waals surface area contributed by atoms with E-state index in [4.69, 9.17) is 9.47 Å². The van der Waals surface area contributed by atoms with Gasteiger partial charge in [0.25, 0.3) is 0 Å². The van der Waals surface area contributed by atoms with Crippen molar-refractivity contribution in [3.05, 3.63) is 0 Å². The molecule has 0 aromatic heterocycles. The first-order valence-electron chi connectivity index (χ1n) is 6.56. The van der Waals surface area contributed by atoms with E-state index in [1.807, 2.05) is 30.4 Å². The summed E-state index contributed by atoms with van der Waals surface area (Å²) in [6.45, 7) is 2.82. The Labute approximate surface area is 118 Å². The molecule has 0 aromatic rings. The normalized spacial score (nSPS) is 33.6. The van der Waals surface area contributed by atoms with E-state index in [1.165, 1.54) is 19.3 Å². The van der Waals surface area contributed by atoms with Crippen LogP contribution in [0.2, 0.25) is 0 Å². The summed E-state index contributed by atoms with van der Waals surface area (Å²) in [6.07, 6.45) is 3.46. The number of hydrogen-bond acceptors (Lipinski definition) is 5. The van der Waals surface area contributed by atoms with E-state index < -0.39 is 0 Å². The first kappa shape index (κ1) is 14.5. The molecule has 0 N–H and O–H groups in total. The Morgan fingerprint density at radius 2 is 2.50 bits per heavy atom. The molecule has 5 heteroatoms. The number of esters is 1. The lowest BCUT2D eigenvalue weighted by Gasteiger charge is -2.37. The lowest BCUT2D eigenvalue weighted by Crippen LogP contribution is -2.41. The van der Waals surface area contributed by atoms with Crippen molar-refractivity contribution in [2.24, 2.45) is 5.92 Å². The Balaban J connectivity index is 1.77. The van der Waals surface area contributed by atoms with Gasteiger partial charge in [0.2, 0.25) is 0 Å². The molecule has 0 aliphatic carbocycles. The van der Waals surface area contributed by atoms with Crippen molar-refractivity contribution in [3.63, 3.8) is 0 Å². The maximum atomic E-state index is 11.4. The number of methoxy groups -OCH3 is 1. The fraction of sp³-hybridized carbons (Fsp3) is 0.923. The molecule has 3 atom stereocenters. The Hall–Kier alpha value is 0.130. The summed E-state index contributed by atoms with van der Waals surface area (Å²) in [5.41, 5.74) is 0.148. The highest BCUT2D eigenvalue weighted by atomic mass is 32.2. The van der Waals surface area contributed by atoms with Crippen LogP contribution < -0.4 is 0 Å². The molecular weight excluding hydrogens is 268 g/mol. The average Bonchev–Trinajstić information content (AvgIpc) is 2.83. The Morgan fingerprint density at radius 1 is 1.67 bits per heavy atom. The lowest BCUT2D eigenvalue weighted by molar-refractivity contribution is -0.143. The molecule has 3 unspecified atom stereocenters. The van der Waals surface area contributed by atoms with Gasteiger partial charge < -0.3 is 9.47 Å². The Morgan fingerprint density at radius 3 is 3.17 bits per heavy atom. The summed E-state index contributed by atoms with van der Waals surface area (Å²) in [4.78, 5) is 11.4. The van der Waals surface area contributed by atoms with Crippen molar-refractivity contribution in [3.8, 4) is 0 Å². The SMILES string of the molecule is COC(=O)C(C)CSC1CCOC2(CCSC2)C1. The number of carbonyl (C=O) groups is 1. The summed E-state index contributed by atoms with van der Waals surface area (Å²) in [5.74, 6) is 3.14. The van der Waals surface area contributed by atoms with E-state index in [-0.39, 0.29) is 17.5 Å². The second-order valence-electron chi connectivity index (χ2n) is 5.21. The molecule has 2 fully saturated rings. The fourth-order valence-corrected chi connectivity index (χ4v) is 5.30. The molecule has 1 spiro atoms. The molecule has 18 heavy (non-hydrogen) atoms. The molecular formula is C13H22O3S2. The topological polar surface area (TPSA) is 35.5 Å². The Bertz CT molecular complexity index is 290. The molecule has 0 aromatic carbocycles. The van der Waals surface area contributed by atoms with Crippen molar-refractivity contribution in [1.82, 2.24) is 0 Å². The fourth-order valence-electron chi connectivity index (χ4n) is 2.54. The molecule has 0 saturated carbocycles. The quantitative estimate of drug-likeness (QED) is 0.744. The molecule has 3 nitrogen and oxygen atoms in total. The van der Waals surface area contributed by atoms with Crippen LogP contribution in [-0.2, 0) is 14.3 Å². The predicted octanol–water partition coefficient (Wildman–Crippen LogP) is 2.58. The zero-order valence-corrected chi connectivity index (χ0v) is 12.8. The summed E-state index contributed by atoms with van der Waals surface area (Å²) in [7, 11) is 1.46. The van der Waals surface area contributed by atoms with Crippen LogP contribution in [0.15, 0.2) is 0 Å². The largest absolute Gasteiger partial charge is 0.469 e. The van der Waals surface area contributed by atoms with Crippen LogP contribution in [0, 0.1) is 5.92 Å². The van der Waals surface area contributed by atoms with E-state index in [2.05, 4.69) is 0 Å². The monoisotopic (exact) mass is 290 g/mol. The molecule has 0 amide bonds. The second kappa shape index (κ2) is 6.53. The van der Waals surface area contributed by atoms with Crippen molar-refractivity contribution in [1.29, 1.82) is 0 Å². The smallest absolute Gasteiger partial charge is 0.309 e. The van der Waals surface area contributed by atoms with E-state index in [0.29, 0.717) is 5.25 Å². The number of rotatable bonds is 4. The van der Waals surface area contributed by atoms with Crippen molar-refractivity contribution < 1.29 is 14.3 Å². The van der Waals surface area contributed by atoms with E-state index in [9.17, 15) is 4.79 Å².